The molecule has 1 radical (unpaired) electrons. The molecular weight excluding hydrogens is 160 g/mol. The maximum absolute atomic E-state index is 2.42. The van der Waals surface area contributed by atoms with Crippen LogP contribution in [0.1, 0.15) is 46.5 Å². The van der Waals surface area contributed by atoms with Crippen LogP contribution in [-0.2, 0) is 0 Å². The van der Waals surface area contributed by atoms with Crippen molar-refractivity contribution in [1.29, 1.82) is 0 Å². The van der Waals surface area contributed by atoms with E-state index in [9.17, 15) is 0 Å². The SMILES string of the molecule is CC[Si](CC)(CC)[C]1CCCC1. The quantitative estimate of drug-likeness (QED) is 0.574. The van der Waals surface area contributed by atoms with Gasteiger partial charge in [-0.05, 0) is 18.4 Å². The van der Waals surface area contributed by atoms with E-state index in [4.69, 9.17) is 0 Å². The van der Waals surface area contributed by atoms with Gasteiger partial charge in [0.15, 0.2) is 0 Å². The monoisotopic (exact) mass is 183 g/mol. The van der Waals surface area contributed by atoms with Gasteiger partial charge in [-0.25, -0.2) is 0 Å². The van der Waals surface area contributed by atoms with Gasteiger partial charge in [-0.3, -0.25) is 0 Å². The minimum Gasteiger partial charge on any atom is -0.0678 e. The van der Waals surface area contributed by atoms with Gasteiger partial charge in [-0.1, -0.05) is 51.7 Å². The van der Waals surface area contributed by atoms with Crippen LogP contribution in [0.2, 0.25) is 18.1 Å². The summed E-state index contributed by atoms with van der Waals surface area (Å²) in [5.41, 5.74) is 2.02. The molecule has 0 saturated heterocycles. The van der Waals surface area contributed by atoms with Crippen molar-refractivity contribution in [2.24, 2.45) is 0 Å². The highest BCUT2D eigenvalue weighted by Crippen LogP contribution is 2.41. The van der Waals surface area contributed by atoms with Crippen molar-refractivity contribution in [2.75, 3.05) is 0 Å². The van der Waals surface area contributed by atoms with Crippen LogP contribution in [-0.4, -0.2) is 8.07 Å². The second kappa shape index (κ2) is 4.45. The minimum absolute atomic E-state index is 0.868. The normalized spacial score (nSPS) is 20.2. The summed E-state index contributed by atoms with van der Waals surface area (Å²) in [4.78, 5) is 0. The standard InChI is InChI=1S/C11H23Si/c1-4-12(5-2,6-3)11-9-7-8-10-11/h4-10H2,1-3H3. The first-order valence-electron chi connectivity index (χ1n) is 5.64. The molecule has 0 atom stereocenters. The molecule has 71 valence electrons. The van der Waals surface area contributed by atoms with Crippen LogP contribution in [0.5, 0.6) is 0 Å². The van der Waals surface area contributed by atoms with Crippen molar-refractivity contribution in [1.82, 2.24) is 0 Å². The maximum Gasteiger partial charge on any atom is 0.0592 e. The van der Waals surface area contributed by atoms with Crippen molar-refractivity contribution in [3.8, 4) is 0 Å². The summed E-state index contributed by atoms with van der Waals surface area (Å²) in [7, 11) is -0.868. The highest BCUT2D eigenvalue weighted by molar-refractivity contribution is 6.84. The smallest absolute Gasteiger partial charge is 0.0592 e. The maximum atomic E-state index is 2.42. The molecule has 1 aliphatic rings. The Bertz CT molecular complexity index is 113. The van der Waals surface area contributed by atoms with Gasteiger partial charge < -0.3 is 0 Å². The fraction of sp³-hybridized carbons (Fsp3) is 0.909. The lowest BCUT2D eigenvalue weighted by molar-refractivity contribution is 0.886. The third-order valence-electron chi connectivity index (χ3n) is 3.99. The highest BCUT2D eigenvalue weighted by Gasteiger charge is 2.37. The minimum atomic E-state index is -0.868. The largest absolute Gasteiger partial charge is 0.0678 e. The summed E-state index contributed by atoms with van der Waals surface area (Å²) in [6.07, 6.45) is 5.96. The second-order valence-corrected chi connectivity index (χ2v) is 9.54. The molecule has 0 aromatic rings. The Balaban J connectivity index is 2.61. The third-order valence-corrected chi connectivity index (χ3v) is 10.0. The lowest BCUT2D eigenvalue weighted by Gasteiger charge is -2.34. The van der Waals surface area contributed by atoms with Gasteiger partial charge in [0.2, 0.25) is 0 Å². The van der Waals surface area contributed by atoms with E-state index in [2.05, 4.69) is 20.8 Å². The van der Waals surface area contributed by atoms with Gasteiger partial charge in [0.25, 0.3) is 0 Å². The van der Waals surface area contributed by atoms with Gasteiger partial charge >= 0.3 is 0 Å². The van der Waals surface area contributed by atoms with E-state index in [1.54, 1.807) is 0 Å². The van der Waals surface area contributed by atoms with E-state index >= 15 is 0 Å². The average molecular weight is 183 g/mol. The first-order valence-corrected chi connectivity index (χ1v) is 8.26. The molecule has 0 nitrogen and oxygen atoms in total. The molecule has 0 aliphatic heterocycles. The van der Waals surface area contributed by atoms with Crippen molar-refractivity contribution < 1.29 is 0 Å². The summed E-state index contributed by atoms with van der Waals surface area (Å²) in [5, 5.41) is 0. The lowest BCUT2D eigenvalue weighted by Crippen LogP contribution is -2.38. The Morgan fingerprint density at radius 3 is 1.67 bits per heavy atom. The molecule has 0 aromatic heterocycles. The van der Waals surface area contributed by atoms with E-state index in [1.165, 1.54) is 43.8 Å². The molecule has 0 unspecified atom stereocenters. The van der Waals surface area contributed by atoms with E-state index in [1.807, 2.05) is 5.54 Å². The number of hydrogen-bond acceptors (Lipinski definition) is 0. The average Bonchev–Trinajstić information content (AvgIpc) is 2.62. The first kappa shape index (κ1) is 10.3. The molecule has 0 N–H and O–H groups in total. The van der Waals surface area contributed by atoms with Crippen molar-refractivity contribution >= 4 is 8.07 Å². The summed E-state index contributed by atoms with van der Waals surface area (Å²) >= 11 is 0. The summed E-state index contributed by atoms with van der Waals surface area (Å²) in [6, 6.07) is 4.49. The molecule has 0 spiro atoms. The highest BCUT2D eigenvalue weighted by atomic mass is 28.3. The van der Waals surface area contributed by atoms with Crippen LogP contribution in [0.25, 0.3) is 0 Å². The Morgan fingerprint density at radius 2 is 1.33 bits per heavy atom. The van der Waals surface area contributed by atoms with Crippen molar-refractivity contribution in [2.45, 2.75) is 64.6 Å². The molecule has 1 rings (SSSR count). The first-order chi connectivity index (χ1) is 5.79. The van der Waals surface area contributed by atoms with Gasteiger partial charge in [0.05, 0.1) is 8.07 Å². The van der Waals surface area contributed by atoms with Gasteiger partial charge in [-0.15, -0.1) is 0 Å². The van der Waals surface area contributed by atoms with Gasteiger partial charge in [0, 0.05) is 0 Å². The van der Waals surface area contributed by atoms with Gasteiger partial charge in [-0.2, -0.15) is 0 Å². The van der Waals surface area contributed by atoms with Crippen LogP contribution in [0.4, 0.5) is 0 Å². The topological polar surface area (TPSA) is 0 Å². The molecular formula is C11H23Si. The number of hydrogen-bond donors (Lipinski definition) is 0. The Morgan fingerprint density at radius 1 is 0.917 bits per heavy atom. The summed E-state index contributed by atoms with van der Waals surface area (Å²) in [5.74, 6) is 0. The Kier molecular flexibility index (Phi) is 3.82. The molecule has 1 heteroatoms. The van der Waals surface area contributed by atoms with E-state index in [0.717, 1.165) is 0 Å². The predicted octanol–water partition coefficient (Wildman–Crippen LogP) is 4.18. The Hall–Kier alpha value is 0.217. The van der Waals surface area contributed by atoms with Crippen LogP contribution in [0, 0.1) is 5.54 Å². The molecule has 0 aromatic carbocycles. The van der Waals surface area contributed by atoms with Crippen LogP contribution in [0.3, 0.4) is 0 Å². The number of rotatable bonds is 4. The van der Waals surface area contributed by atoms with Gasteiger partial charge in [0.1, 0.15) is 0 Å². The second-order valence-electron chi connectivity index (χ2n) is 4.15. The molecule has 12 heavy (non-hydrogen) atoms. The zero-order valence-corrected chi connectivity index (χ0v) is 9.95. The summed E-state index contributed by atoms with van der Waals surface area (Å²) < 4.78 is 0. The predicted molar refractivity (Wildman–Crippen MR) is 58.9 cm³/mol. The van der Waals surface area contributed by atoms with E-state index in [-0.39, 0.29) is 0 Å². The molecule has 1 saturated carbocycles. The lowest BCUT2D eigenvalue weighted by atomic mass is 10.4. The van der Waals surface area contributed by atoms with E-state index < -0.39 is 8.07 Å². The van der Waals surface area contributed by atoms with E-state index in [0.29, 0.717) is 0 Å². The summed E-state index contributed by atoms with van der Waals surface area (Å²) in [6.45, 7) is 7.26. The molecule has 1 fully saturated rings. The molecule has 1 aliphatic carbocycles. The zero-order chi connectivity index (χ0) is 9.03. The van der Waals surface area contributed by atoms with Crippen LogP contribution in [0.15, 0.2) is 0 Å². The molecule has 0 heterocycles. The van der Waals surface area contributed by atoms with Crippen LogP contribution >= 0.6 is 0 Å². The molecule has 0 amide bonds. The van der Waals surface area contributed by atoms with Crippen LogP contribution < -0.4 is 0 Å². The fourth-order valence-electron chi connectivity index (χ4n) is 2.83. The fourth-order valence-corrected chi connectivity index (χ4v) is 7.25. The molecule has 0 bridgehead atoms. The van der Waals surface area contributed by atoms with Crippen molar-refractivity contribution in [3.63, 3.8) is 0 Å². The third kappa shape index (κ3) is 1.76. The zero-order valence-electron chi connectivity index (χ0n) is 8.95. The van der Waals surface area contributed by atoms with Crippen molar-refractivity contribution in [3.05, 3.63) is 5.54 Å². The Labute approximate surface area is 78.8 Å².